The number of nitrogens with zero attached hydrogens (tertiary/aromatic N) is 2. The highest BCUT2D eigenvalue weighted by molar-refractivity contribution is 9.10. The first-order chi connectivity index (χ1) is 6.27. The number of benzene rings is 1. The van der Waals surface area contributed by atoms with Crippen molar-refractivity contribution in [1.82, 2.24) is 9.78 Å². The monoisotopic (exact) mass is 256 g/mol. The van der Waals surface area contributed by atoms with Crippen LogP contribution in [0.25, 0.3) is 5.69 Å². The number of hydrogen-bond donors (Lipinski definition) is 0. The molecule has 0 saturated heterocycles. The molecule has 2 nitrogen and oxygen atoms in total. The van der Waals surface area contributed by atoms with Crippen LogP contribution in [-0.4, -0.2) is 9.78 Å². The van der Waals surface area contributed by atoms with Gasteiger partial charge in [-0.3, -0.25) is 0 Å². The minimum Gasteiger partial charge on any atom is -0.227 e. The fourth-order valence-corrected chi connectivity index (χ4v) is 1.60. The van der Waals surface area contributed by atoms with Crippen molar-refractivity contribution in [1.29, 1.82) is 0 Å². The van der Waals surface area contributed by atoms with Gasteiger partial charge in [0.1, 0.15) is 4.60 Å². The Kier molecular flexibility index (Phi) is 2.38. The average molecular weight is 258 g/mol. The predicted molar refractivity (Wildman–Crippen MR) is 56.3 cm³/mol. The van der Waals surface area contributed by atoms with Crippen molar-refractivity contribution in [3.63, 3.8) is 0 Å². The van der Waals surface area contributed by atoms with E-state index >= 15 is 0 Å². The van der Waals surface area contributed by atoms with Crippen LogP contribution in [0.2, 0.25) is 5.02 Å². The number of aromatic nitrogens is 2. The van der Waals surface area contributed by atoms with E-state index in [-0.39, 0.29) is 0 Å². The normalized spacial score (nSPS) is 10.3. The Balaban J connectivity index is 2.47. The summed E-state index contributed by atoms with van der Waals surface area (Å²) in [5.41, 5.74) is 0.987. The predicted octanol–water partition coefficient (Wildman–Crippen LogP) is 3.29. The van der Waals surface area contributed by atoms with Crippen LogP contribution in [0.3, 0.4) is 0 Å². The molecule has 0 bridgehead atoms. The van der Waals surface area contributed by atoms with Gasteiger partial charge in [0.15, 0.2) is 0 Å². The lowest BCUT2D eigenvalue weighted by Crippen LogP contribution is -1.95. The molecule has 0 saturated carbocycles. The van der Waals surface area contributed by atoms with Gasteiger partial charge in [0.05, 0.1) is 11.9 Å². The third-order valence-corrected chi connectivity index (χ3v) is 2.52. The van der Waals surface area contributed by atoms with Crippen LogP contribution in [-0.2, 0) is 0 Å². The van der Waals surface area contributed by atoms with E-state index in [1.807, 2.05) is 30.3 Å². The second-order valence-corrected chi connectivity index (χ2v) is 3.79. The lowest BCUT2D eigenvalue weighted by molar-refractivity contribution is 0.861. The molecule has 2 rings (SSSR count). The van der Waals surface area contributed by atoms with E-state index in [4.69, 9.17) is 11.6 Å². The molecule has 0 aliphatic heterocycles. The van der Waals surface area contributed by atoms with E-state index in [9.17, 15) is 0 Å². The zero-order valence-corrected chi connectivity index (χ0v) is 8.96. The maximum absolute atomic E-state index is 5.77. The maximum Gasteiger partial charge on any atom is 0.109 e. The van der Waals surface area contributed by atoms with Crippen molar-refractivity contribution >= 4 is 27.5 Å². The highest BCUT2D eigenvalue weighted by Gasteiger charge is 2.00. The van der Waals surface area contributed by atoms with Gasteiger partial charge in [-0.1, -0.05) is 11.6 Å². The van der Waals surface area contributed by atoms with Gasteiger partial charge in [-0.2, -0.15) is 5.10 Å². The molecule has 0 aliphatic carbocycles. The van der Waals surface area contributed by atoms with E-state index < -0.39 is 0 Å². The number of hydrogen-bond acceptors (Lipinski definition) is 1. The van der Waals surface area contributed by atoms with Crippen LogP contribution in [0.5, 0.6) is 0 Å². The smallest absolute Gasteiger partial charge is 0.109 e. The SMILES string of the molecule is Clc1ccc(-n2nccc2Br)cc1. The Morgan fingerprint density at radius 1 is 1.15 bits per heavy atom. The first-order valence-corrected chi connectivity index (χ1v) is 4.90. The highest BCUT2D eigenvalue weighted by atomic mass is 79.9. The summed E-state index contributed by atoms with van der Waals surface area (Å²) in [6, 6.07) is 9.39. The van der Waals surface area contributed by atoms with Crippen molar-refractivity contribution in [2.45, 2.75) is 0 Å². The van der Waals surface area contributed by atoms with Crippen LogP contribution in [0.1, 0.15) is 0 Å². The van der Waals surface area contributed by atoms with E-state index in [1.165, 1.54) is 0 Å². The zero-order chi connectivity index (χ0) is 9.26. The van der Waals surface area contributed by atoms with Crippen molar-refractivity contribution < 1.29 is 0 Å². The standard InChI is InChI=1S/C9H6BrClN2/c10-9-5-6-12-13(9)8-3-1-7(11)2-4-8/h1-6H. The fourth-order valence-electron chi connectivity index (χ4n) is 1.06. The van der Waals surface area contributed by atoms with Gasteiger partial charge in [0.25, 0.3) is 0 Å². The van der Waals surface area contributed by atoms with Crippen molar-refractivity contribution in [2.24, 2.45) is 0 Å². The van der Waals surface area contributed by atoms with Gasteiger partial charge in [-0.25, -0.2) is 4.68 Å². The highest BCUT2D eigenvalue weighted by Crippen LogP contribution is 2.17. The van der Waals surface area contributed by atoms with Gasteiger partial charge in [0, 0.05) is 5.02 Å². The van der Waals surface area contributed by atoms with Gasteiger partial charge < -0.3 is 0 Å². The molecule has 13 heavy (non-hydrogen) atoms. The third-order valence-electron chi connectivity index (χ3n) is 1.67. The van der Waals surface area contributed by atoms with Crippen molar-refractivity contribution in [3.8, 4) is 5.69 Å². The molecule has 66 valence electrons. The third kappa shape index (κ3) is 1.76. The molecule has 4 heteroatoms. The van der Waals surface area contributed by atoms with Gasteiger partial charge >= 0.3 is 0 Å². The second kappa shape index (κ2) is 3.52. The quantitative estimate of drug-likeness (QED) is 0.766. The minimum atomic E-state index is 0.729. The molecule has 1 aromatic carbocycles. The Labute approximate surface area is 89.3 Å². The average Bonchev–Trinajstić information content (AvgIpc) is 2.53. The van der Waals surface area contributed by atoms with Crippen LogP contribution >= 0.6 is 27.5 Å². The summed E-state index contributed by atoms with van der Waals surface area (Å²) in [6.45, 7) is 0. The lowest BCUT2D eigenvalue weighted by atomic mass is 10.3. The molecule has 2 aromatic rings. The first kappa shape index (κ1) is 8.78. The molecular weight excluding hydrogens is 251 g/mol. The molecule has 0 fully saturated rings. The van der Waals surface area contributed by atoms with Crippen LogP contribution in [0.4, 0.5) is 0 Å². The van der Waals surface area contributed by atoms with Crippen LogP contribution in [0, 0.1) is 0 Å². The van der Waals surface area contributed by atoms with Crippen LogP contribution in [0.15, 0.2) is 41.1 Å². The largest absolute Gasteiger partial charge is 0.227 e. The van der Waals surface area contributed by atoms with Gasteiger partial charge in [-0.15, -0.1) is 0 Å². The maximum atomic E-state index is 5.77. The summed E-state index contributed by atoms with van der Waals surface area (Å²) < 4.78 is 2.71. The molecule has 1 aromatic heterocycles. The van der Waals surface area contributed by atoms with Crippen molar-refractivity contribution in [2.75, 3.05) is 0 Å². The van der Waals surface area contributed by atoms with E-state index in [1.54, 1.807) is 10.9 Å². The molecular formula is C9H6BrClN2. The Bertz CT molecular complexity index is 408. The van der Waals surface area contributed by atoms with E-state index in [0.29, 0.717) is 0 Å². The minimum absolute atomic E-state index is 0.729. The van der Waals surface area contributed by atoms with Gasteiger partial charge in [-0.05, 0) is 46.3 Å². The Hall–Kier alpha value is -0.800. The molecule has 1 heterocycles. The summed E-state index contributed by atoms with van der Waals surface area (Å²) in [5, 5.41) is 4.87. The molecule has 0 atom stereocenters. The molecule has 0 amide bonds. The Morgan fingerprint density at radius 2 is 1.85 bits per heavy atom. The summed E-state index contributed by atoms with van der Waals surface area (Å²) in [6.07, 6.45) is 1.73. The van der Waals surface area contributed by atoms with E-state index in [2.05, 4.69) is 21.0 Å². The first-order valence-electron chi connectivity index (χ1n) is 3.73. The molecule has 0 radical (unpaired) electrons. The summed E-state index contributed by atoms with van der Waals surface area (Å²) in [5.74, 6) is 0. The molecule has 0 unspecified atom stereocenters. The molecule has 0 spiro atoms. The molecule has 0 aliphatic rings. The number of rotatable bonds is 1. The van der Waals surface area contributed by atoms with Crippen LogP contribution < -0.4 is 0 Å². The second-order valence-electron chi connectivity index (χ2n) is 2.54. The zero-order valence-electron chi connectivity index (χ0n) is 6.61. The summed E-state index contributed by atoms with van der Waals surface area (Å²) in [4.78, 5) is 0. The topological polar surface area (TPSA) is 17.8 Å². The number of halogens is 2. The van der Waals surface area contributed by atoms with Crippen molar-refractivity contribution in [3.05, 3.63) is 46.2 Å². The fraction of sp³-hybridized carbons (Fsp3) is 0. The van der Waals surface area contributed by atoms with Gasteiger partial charge in [0.2, 0.25) is 0 Å². The molecule has 0 N–H and O–H groups in total. The Morgan fingerprint density at radius 3 is 2.38 bits per heavy atom. The lowest BCUT2D eigenvalue weighted by Gasteiger charge is -2.02. The summed E-state index contributed by atoms with van der Waals surface area (Å²) >= 11 is 9.16. The van der Waals surface area contributed by atoms with E-state index in [0.717, 1.165) is 15.3 Å². The summed E-state index contributed by atoms with van der Waals surface area (Å²) in [7, 11) is 0.